The number of primary amides is 1. The average molecular weight is 307 g/mol. The second-order valence-corrected chi connectivity index (χ2v) is 4.76. The first-order valence-corrected chi connectivity index (χ1v) is 5.69. The van der Waals surface area contributed by atoms with Crippen molar-refractivity contribution >= 4 is 17.6 Å². The van der Waals surface area contributed by atoms with E-state index in [9.17, 15) is 27.2 Å². The number of nitrogens with one attached hydrogen (secondary N) is 2. The van der Waals surface area contributed by atoms with E-state index in [0.29, 0.717) is 12.1 Å². The summed E-state index contributed by atoms with van der Waals surface area (Å²) in [7, 11) is 0. The second kappa shape index (κ2) is 5.58. The number of carbonyl (C=O) groups excluding carboxylic acids is 2. The Kier molecular flexibility index (Phi) is 4.45. The average Bonchev–Trinajstić information content (AvgIpc) is 2.29. The zero-order chi connectivity index (χ0) is 16.4. The smallest absolute Gasteiger partial charge is 0.368 e. The molecule has 0 aliphatic heterocycles. The van der Waals surface area contributed by atoms with Gasteiger partial charge in [0.2, 0.25) is 5.91 Å². The van der Waals surface area contributed by atoms with Gasteiger partial charge in [0.05, 0.1) is 5.56 Å². The Morgan fingerprint density at radius 1 is 1.19 bits per heavy atom. The first kappa shape index (κ1) is 16.7. The highest BCUT2D eigenvalue weighted by molar-refractivity contribution is 5.95. The third-order valence-electron chi connectivity index (χ3n) is 2.57. The molecule has 0 heterocycles. The zero-order valence-corrected chi connectivity index (χ0v) is 11.1. The van der Waals surface area contributed by atoms with Crippen molar-refractivity contribution in [1.29, 1.82) is 0 Å². The van der Waals surface area contributed by atoms with Gasteiger partial charge in [-0.15, -0.1) is 0 Å². The van der Waals surface area contributed by atoms with Crippen LogP contribution in [0.2, 0.25) is 0 Å². The lowest BCUT2D eigenvalue weighted by Crippen LogP contribution is -2.54. The number of nitrogens with two attached hydrogens (primary N) is 1. The Morgan fingerprint density at radius 3 is 2.24 bits per heavy atom. The highest BCUT2D eigenvalue weighted by Gasteiger charge is 2.34. The normalized spacial score (nSPS) is 11.9. The molecule has 3 amide bonds. The molecule has 0 saturated carbocycles. The van der Waals surface area contributed by atoms with Crippen molar-refractivity contribution in [2.45, 2.75) is 25.6 Å². The fraction of sp³-hybridized carbons (Fsp3) is 0.333. The minimum atomic E-state index is -4.88. The predicted octanol–water partition coefficient (Wildman–Crippen LogP) is 2.23. The summed E-state index contributed by atoms with van der Waals surface area (Å²) < 4.78 is 50.6. The molecular formula is C12H13F4N3O2. The summed E-state index contributed by atoms with van der Waals surface area (Å²) in [6.07, 6.45) is -4.88. The van der Waals surface area contributed by atoms with Gasteiger partial charge < -0.3 is 16.4 Å². The molecule has 0 aromatic heterocycles. The van der Waals surface area contributed by atoms with E-state index in [-0.39, 0.29) is 5.69 Å². The number of alkyl halides is 3. The van der Waals surface area contributed by atoms with Gasteiger partial charge in [0, 0.05) is 5.69 Å². The van der Waals surface area contributed by atoms with Crippen molar-refractivity contribution in [3.63, 3.8) is 0 Å². The number of hydrogen-bond donors (Lipinski definition) is 3. The van der Waals surface area contributed by atoms with E-state index < -0.39 is 35.0 Å². The van der Waals surface area contributed by atoms with E-state index in [1.807, 2.05) is 0 Å². The number of halogens is 4. The van der Waals surface area contributed by atoms with Crippen molar-refractivity contribution in [1.82, 2.24) is 5.32 Å². The summed E-state index contributed by atoms with van der Waals surface area (Å²) >= 11 is 0. The Hall–Kier alpha value is -2.32. The SMILES string of the molecule is CC(C)(NC(=O)Nc1ccc(F)c(C(F)(F)F)c1)C(N)=O. The molecule has 1 rings (SSSR count). The van der Waals surface area contributed by atoms with E-state index >= 15 is 0 Å². The van der Waals surface area contributed by atoms with Crippen LogP contribution >= 0.6 is 0 Å². The lowest BCUT2D eigenvalue weighted by molar-refractivity contribution is -0.139. The summed E-state index contributed by atoms with van der Waals surface area (Å²) in [5, 5.41) is 4.25. The maximum absolute atomic E-state index is 13.1. The first-order chi connectivity index (χ1) is 9.43. The number of anilines is 1. The fourth-order valence-electron chi connectivity index (χ4n) is 1.33. The first-order valence-electron chi connectivity index (χ1n) is 5.69. The molecule has 116 valence electrons. The molecule has 0 bridgehead atoms. The topological polar surface area (TPSA) is 84.2 Å². The molecule has 0 unspecified atom stereocenters. The van der Waals surface area contributed by atoms with E-state index in [2.05, 4.69) is 10.6 Å². The van der Waals surface area contributed by atoms with E-state index in [1.54, 1.807) is 0 Å². The number of urea groups is 1. The van der Waals surface area contributed by atoms with Crippen molar-refractivity contribution in [3.8, 4) is 0 Å². The van der Waals surface area contributed by atoms with Gasteiger partial charge in [-0.3, -0.25) is 4.79 Å². The van der Waals surface area contributed by atoms with Crippen LogP contribution in [0.25, 0.3) is 0 Å². The van der Waals surface area contributed by atoms with Crippen LogP contribution in [0.5, 0.6) is 0 Å². The Labute approximate surface area is 117 Å². The van der Waals surface area contributed by atoms with Crippen LogP contribution < -0.4 is 16.4 Å². The lowest BCUT2D eigenvalue weighted by atomic mass is 10.1. The van der Waals surface area contributed by atoms with Crippen LogP contribution in [0, 0.1) is 5.82 Å². The van der Waals surface area contributed by atoms with Crippen molar-refractivity contribution in [3.05, 3.63) is 29.6 Å². The van der Waals surface area contributed by atoms with Crippen LogP contribution in [0.1, 0.15) is 19.4 Å². The summed E-state index contributed by atoms with van der Waals surface area (Å²) in [6.45, 7) is 2.64. The van der Waals surface area contributed by atoms with Gasteiger partial charge >= 0.3 is 12.2 Å². The maximum atomic E-state index is 13.1. The second-order valence-electron chi connectivity index (χ2n) is 4.76. The van der Waals surface area contributed by atoms with E-state index in [0.717, 1.165) is 6.07 Å². The standard InChI is InChI=1S/C12H13F4N3O2/c1-11(2,9(17)20)19-10(21)18-6-3-4-8(13)7(5-6)12(14,15)16/h3-5H,1-2H3,(H2,17,20)(H2,18,19,21). The largest absolute Gasteiger partial charge is 0.419 e. The third-order valence-corrected chi connectivity index (χ3v) is 2.57. The third kappa shape index (κ3) is 4.33. The molecule has 0 atom stereocenters. The van der Waals surface area contributed by atoms with Crippen LogP contribution in [0.4, 0.5) is 28.0 Å². The zero-order valence-electron chi connectivity index (χ0n) is 11.1. The number of carbonyl (C=O) groups is 2. The van der Waals surface area contributed by atoms with Crippen molar-refractivity contribution in [2.24, 2.45) is 5.73 Å². The lowest BCUT2D eigenvalue weighted by Gasteiger charge is -2.22. The van der Waals surface area contributed by atoms with Gasteiger partial charge in [-0.2, -0.15) is 13.2 Å². The quantitative estimate of drug-likeness (QED) is 0.748. The molecule has 1 aromatic carbocycles. The van der Waals surface area contributed by atoms with Crippen LogP contribution in [0.15, 0.2) is 18.2 Å². The van der Waals surface area contributed by atoms with Crippen LogP contribution in [0.3, 0.4) is 0 Å². The van der Waals surface area contributed by atoms with Gasteiger partial charge in [-0.05, 0) is 32.0 Å². The van der Waals surface area contributed by atoms with Gasteiger partial charge in [0.15, 0.2) is 0 Å². The Morgan fingerprint density at radius 2 is 1.76 bits per heavy atom. The highest BCUT2D eigenvalue weighted by Crippen LogP contribution is 2.32. The summed E-state index contributed by atoms with van der Waals surface area (Å²) in [5.41, 5.74) is 1.86. The van der Waals surface area contributed by atoms with Gasteiger partial charge in [-0.25, -0.2) is 9.18 Å². The summed E-state index contributed by atoms with van der Waals surface area (Å²) in [5.74, 6) is -2.28. The number of amides is 3. The van der Waals surface area contributed by atoms with Gasteiger partial charge in [0.1, 0.15) is 11.4 Å². The Bertz CT molecular complexity index is 570. The van der Waals surface area contributed by atoms with Gasteiger partial charge in [0.25, 0.3) is 0 Å². The minimum Gasteiger partial charge on any atom is -0.368 e. The molecule has 0 fully saturated rings. The number of benzene rings is 1. The van der Waals surface area contributed by atoms with E-state index in [4.69, 9.17) is 5.73 Å². The fourth-order valence-corrected chi connectivity index (χ4v) is 1.33. The van der Waals surface area contributed by atoms with Gasteiger partial charge in [-0.1, -0.05) is 0 Å². The number of hydrogen-bond acceptors (Lipinski definition) is 2. The molecule has 21 heavy (non-hydrogen) atoms. The maximum Gasteiger partial charge on any atom is 0.419 e. The van der Waals surface area contributed by atoms with Crippen molar-refractivity contribution in [2.75, 3.05) is 5.32 Å². The minimum absolute atomic E-state index is 0.276. The molecule has 0 spiro atoms. The molecule has 4 N–H and O–H groups in total. The molecule has 0 aliphatic carbocycles. The van der Waals surface area contributed by atoms with Crippen LogP contribution in [-0.2, 0) is 11.0 Å². The monoisotopic (exact) mass is 307 g/mol. The molecular weight excluding hydrogens is 294 g/mol. The molecule has 0 aliphatic rings. The van der Waals surface area contributed by atoms with Crippen LogP contribution in [-0.4, -0.2) is 17.5 Å². The predicted molar refractivity (Wildman–Crippen MR) is 66.8 cm³/mol. The highest BCUT2D eigenvalue weighted by atomic mass is 19.4. The molecule has 0 radical (unpaired) electrons. The van der Waals surface area contributed by atoms with Crippen molar-refractivity contribution < 1.29 is 27.2 Å². The molecule has 5 nitrogen and oxygen atoms in total. The summed E-state index contributed by atoms with van der Waals surface area (Å²) in [6, 6.07) is 1.05. The molecule has 9 heteroatoms. The number of rotatable bonds is 3. The van der Waals surface area contributed by atoms with E-state index in [1.165, 1.54) is 13.8 Å². The molecule has 1 aromatic rings. The Balaban J connectivity index is 2.90. The molecule has 0 saturated heterocycles. The summed E-state index contributed by atoms with van der Waals surface area (Å²) in [4.78, 5) is 22.6.